The molecule has 6 rings (SSSR count). The van der Waals surface area contributed by atoms with Gasteiger partial charge in [0, 0.05) is 31.1 Å². The molecule has 0 bridgehead atoms. The highest BCUT2D eigenvalue weighted by Gasteiger charge is 2.50. The van der Waals surface area contributed by atoms with E-state index in [0.717, 1.165) is 41.5 Å². The summed E-state index contributed by atoms with van der Waals surface area (Å²) < 4.78 is 1.78. The SMILES string of the molecule is O=C(O)N1CCC(c2cc(=O)[nH]c3c4c(N5C(=O)C6CCCC65)cccc4nn23)CC1. The van der Waals surface area contributed by atoms with Crippen LogP contribution in [-0.4, -0.2) is 55.7 Å². The molecule has 0 spiro atoms. The molecule has 9 heteroatoms. The van der Waals surface area contributed by atoms with E-state index in [1.807, 2.05) is 23.1 Å². The Labute approximate surface area is 177 Å². The number of nitrogens with zero attached hydrogens (tertiary/aromatic N) is 4. The minimum absolute atomic E-state index is 0.0445. The molecule has 31 heavy (non-hydrogen) atoms. The number of carbonyl (C=O) groups excluding carboxylic acids is 1. The highest BCUT2D eigenvalue weighted by molar-refractivity contribution is 6.12. The Bertz CT molecular complexity index is 1290. The number of hydrogen-bond donors (Lipinski definition) is 2. The van der Waals surface area contributed by atoms with Gasteiger partial charge in [0.05, 0.1) is 28.2 Å². The lowest BCUT2D eigenvalue weighted by Crippen LogP contribution is -2.58. The molecule has 1 aliphatic carbocycles. The molecular formula is C22H23N5O4. The third-order valence-electron chi connectivity index (χ3n) is 7.25. The summed E-state index contributed by atoms with van der Waals surface area (Å²) in [5.74, 6) is 0.336. The van der Waals surface area contributed by atoms with E-state index in [1.165, 1.54) is 4.90 Å². The molecule has 3 aromatic rings. The van der Waals surface area contributed by atoms with Gasteiger partial charge in [0.15, 0.2) is 0 Å². The van der Waals surface area contributed by atoms with Crippen LogP contribution in [0.4, 0.5) is 10.5 Å². The summed E-state index contributed by atoms with van der Waals surface area (Å²) in [5, 5.41) is 14.8. The molecule has 2 amide bonds. The van der Waals surface area contributed by atoms with Gasteiger partial charge in [0.2, 0.25) is 5.91 Å². The summed E-state index contributed by atoms with van der Waals surface area (Å²) in [6, 6.07) is 7.55. The first-order valence-electron chi connectivity index (χ1n) is 10.9. The van der Waals surface area contributed by atoms with Gasteiger partial charge >= 0.3 is 6.09 Å². The standard InChI is InChI=1S/C22H23N5O4/c28-18-11-17(12-7-9-25(10-8-12)22(30)31)27-20(23-18)19-14(24-27)4-2-6-16(19)26-15-5-1-3-13(15)21(26)29/h2,4,6,11-13,15H,1,3,5,7-10H2,(H,23,28)(H,30,31). The molecule has 0 radical (unpaired) electrons. The highest BCUT2D eigenvalue weighted by Crippen LogP contribution is 2.45. The molecule has 2 atom stereocenters. The number of H-pyrrole nitrogens is 1. The van der Waals surface area contributed by atoms with E-state index in [9.17, 15) is 19.5 Å². The van der Waals surface area contributed by atoms with E-state index >= 15 is 0 Å². The van der Waals surface area contributed by atoms with Crippen LogP contribution < -0.4 is 10.5 Å². The molecule has 3 aliphatic rings. The zero-order valence-electron chi connectivity index (χ0n) is 17.0. The second-order valence-corrected chi connectivity index (χ2v) is 8.85. The first-order valence-corrected chi connectivity index (χ1v) is 10.9. The Morgan fingerprint density at radius 2 is 1.94 bits per heavy atom. The van der Waals surface area contributed by atoms with Crippen LogP contribution in [0.15, 0.2) is 29.1 Å². The number of anilines is 1. The van der Waals surface area contributed by atoms with Gasteiger partial charge in [0.25, 0.3) is 5.56 Å². The van der Waals surface area contributed by atoms with Gasteiger partial charge in [-0.2, -0.15) is 5.10 Å². The summed E-state index contributed by atoms with van der Waals surface area (Å²) in [6.45, 7) is 0.872. The predicted octanol–water partition coefficient (Wildman–Crippen LogP) is 2.55. The maximum absolute atomic E-state index is 12.8. The van der Waals surface area contributed by atoms with E-state index in [4.69, 9.17) is 5.10 Å². The zero-order chi connectivity index (χ0) is 21.3. The van der Waals surface area contributed by atoms with E-state index in [0.29, 0.717) is 31.6 Å². The lowest BCUT2D eigenvalue weighted by atomic mass is 9.89. The molecule has 1 aromatic carbocycles. The first-order chi connectivity index (χ1) is 15.0. The maximum Gasteiger partial charge on any atom is 0.407 e. The average molecular weight is 421 g/mol. The van der Waals surface area contributed by atoms with E-state index in [1.54, 1.807) is 10.6 Å². The summed E-state index contributed by atoms with van der Waals surface area (Å²) in [4.78, 5) is 42.9. The number of piperidine rings is 1. The quantitative estimate of drug-likeness (QED) is 0.618. The summed E-state index contributed by atoms with van der Waals surface area (Å²) in [7, 11) is 0. The van der Waals surface area contributed by atoms with E-state index < -0.39 is 6.09 Å². The van der Waals surface area contributed by atoms with Crippen molar-refractivity contribution in [3.63, 3.8) is 0 Å². The topological polar surface area (TPSA) is 111 Å². The van der Waals surface area contributed by atoms with Gasteiger partial charge in [-0.3, -0.25) is 9.59 Å². The summed E-state index contributed by atoms with van der Waals surface area (Å²) >= 11 is 0. The highest BCUT2D eigenvalue weighted by atomic mass is 16.4. The van der Waals surface area contributed by atoms with Crippen LogP contribution in [0, 0.1) is 5.92 Å². The molecule has 2 unspecified atom stereocenters. The van der Waals surface area contributed by atoms with Gasteiger partial charge in [-0.1, -0.05) is 12.5 Å². The number of carbonyl (C=O) groups is 2. The number of likely N-dealkylation sites (tertiary alicyclic amines) is 1. The number of fused-ring (bicyclic) bond motifs is 4. The van der Waals surface area contributed by atoms with Crippen LogP contribution >= 0.6 is 0 Å². The van der Waals surface area contributed by atoms with Crippen molar-refractivity contribution in [2.75, 3.05) is 18.0 Å². The number of amides is 2. The molecule has 2 saturated heterocycles. The number of nitrogens with one attached hydrogen (secondary N) is 1. The Morgan fingerprint density at radius 3 is 2.71 bits per heavy atom. The molecule has 9 nitrogen and oxygen atoms in total. The van der Waals surface area contributed by atoms with Crippen molar-refractivity contribution in [2.45, 2.75) is 44.1 Å². The largest absolute Gasteiger partial charge is 0.465 e. The van der Waals surface area contributed by atoms with Crippen molar-refractivity contribution < 1.29 is 14.7 Å². The minimum atomic E-state index is -0.909. The van der Waals surface area contributed by atoms with Gasteiger partial charge in [-0.05, 0) is 37.8 Å². The average Bonchev–Trinajstić information content (AvgIpc) is 3.35. The molecule has 4 heterocycles. The van der Waals surface area contributed by atoms with Crippen molar-refractivity contribution in [3.8, 4) is 0 Å². The van der Waals surface area contributed by atoms with Crippen molar-refractivity contribution in [2.24, 2.45) is 5.92 Å². The normalized spacial score (nSPS) is 24.1. The second-order valence-electron chi connectivity index (χ2n) is 8.85. The predicted molar refractivity (Wildman–Crippen MR) is 114 cm³/mol. The molecule has 2 N–H and O–H groups in total. The number of β-lactam (4-membered cyclic amide) rings is 1. The Kier molecular flexibility index (Phi) is 3.90. The fourth-order valence-electron chi connectivity index (χ4n) is 5.72. The van der Waals surface area contributed by atoms with Crippen molar-refractivity contribution in [1.82, 2.24) is 19.5 Å². The van der Waals surface area contributed by atoms with E-state index in [2.05, 4.69) is 4.98 Å². The van der Waals surface area contributed by atoms with E-state index in [-0.39, 0.29) is 29.3 Å². The number of rotatable bonds is 2. The van der Waals surface area contributed by atoms with Crippen LogP contribution in [0.25, 0.3) is 16.6 Å². The molecule has 1 saturated carbocycles. The Morgan fingerprint density at radius 1 is 1.13 bits per heavy atom. The maximum atomic E-state index is 12.8. The Hall–Kier alpha value is -3.36. The molecular weight excluding hydrogens is 398 g/mol. The number of carboxylic acid groups (broad SMARTS) is 1. The van der Waals surface area contributed by atoms with Gasteiger partial charge in [-0.25, -0.2) is 9.31 Å². The van der Waals surface area contributed by atoms with Gasteiger partial charge in [0.1, 0.15) is 5.65 Å². The molecule has 2 aromatic heterocycles. The van der Waals surface area contributed by atoms with Crippen molar-refractivity contribution >= 4 is 34.2 Å². The molecule has 3 fully saturated rings. The first kappa shape index (κ1) is 18.4. The lowest BCUT2D eigenvalue weighted by Gasteiger charge is -2.43. The molecule has 160 valence electrons. The van der Waals surface area contributed by atoms with Gasteiger partial charge in [-0.15, -0.1) is 0 Å². The fourth-order valence-corrected chi connectivity index (χ4v) is 5.72. The summed E-state index contributed by atoms with van der Waals surface area (Å²) in [6.07, 6.45) is 3.41. The lowest BCUT2D eigenvalue weighted by molar-refractivity contribution is -0.128. The number of aromatic nitrogens is 3. The van der Waals surface area contributed by atoms with Crippen molar-refractivity contribution in [3.05, 3.63) is 40.3 Å². The smallest absolute Gasteiger partial charge is 0.407 e. The zero-order valence-corrected chi connectivity index (χ0v) is 17.0. The van der Waals surface area contributed by atoms with Crippen LogP contribution in [-0.2, 0) is 4.79 Å². The Balaban J connectivity index is 1.48. The number of benzene rings is 1. The van der Waals surface area contributed by atoms with Crippen LogP contribution in [0.5, 0.6) is 0 Å². The second kappa shape index (κ2) is 6.57. The monoisotopic (exact) mass is 421 g/mol. The third-order valence-corrected chi connectivity index (χ3v) is 7.25. The van der Waals surface area contributed by atoms with Crippen LogP contribution in [0.1, 0.15) is 43.7 Å². The molecule has 2 aliphatic heterocycles. The van der Waals surface area contributed by atoms with Crippen LogP contribution in [0.3, 0.4) is 0 Å². The third kappa shape index (κ3) is 2.62. The minimum Gasteiger partial charge on any atom is -0.465 e. The van der Waals surface area contributed by atoms with Crippen LogP contribution in [0.2, 0.25) is 0 Å². The summed E-state index contributed by atoms with van der Waals surface area (Å²) in [5.41, 5.74) is 2.73. The van der Waals surface area contributed by atoms with Crippen molar-refractivity contribution in [1.29, 1.82) is 0 Å². The van der Waals surface area contributed by atoms with Gasteiger partial charge < -0.3 is 19.9 Å². The number of aromatic amines is 1. The number of hydrogen-bond acceptors (Lipinski definition) is 4. The fraction of sp³-hybridized carbons (Fsp3) is 0.455.